The molecule has 190 valence electrons. The molecule has 1 atom stereocenters. The van der Waals surface area contributed by atoms with Crippen LogP contribution in [0.4, 0.5) is 0 Å². The van der Waals surface area contributed by atoms with Gasteiger partial charge in [-0.15, -0.1) is 0 Å². The number of hydrogen-bond acceptors (Lipinski definition) is 0. The van der Waals surface area contributed by atoms with E-state index in [4.69, 9.17) is 0 Å². The average Bonchev–Trinajstić information content (AvgIpc) is 3.65. The molecule has 0 amide bonds. The predicted molar refractivity (Wildman–Crippen MR) is 169 cm³/mol. The van der Waals surface area contributed by atoms with Gasteiger partial charge in [-0.2, -0.15) is 0 Å². The Morgan fingerprint density at radius 2 is 1.07 bits per heavy atom. The van der Waals surface area contributed by atoms with Crippen molar-refractivity contribution < 1.29 is 0 Å². The Labute approximate surface area is 231 Å². The molecule has 3 nitrogen and oxygen atoms in total. The number of fused-ring (bicyclic) bond motifs is 9. The fourth-order valence-electron chi connectivity index (χ4n) is 7.13. The van der Waals surface area contributed by atoms with E-state index >= 15 is 0 Å². The number of nitrogens with one attached hydrogen (secondary N) is 1. The smallest absolute Gasteiger partial charge is 0.0541 e. The maximum atomic E-state index is 3.79. The standard InChI is InChI=1S/C37H27N3/c1-23-20-25(40-35-16-8-4-12-28(35)29-13-5-9-17-36(29)40)22-31-30-21-24(18-19-32(30)38-37(23)31)39-33-14-6-2-10-26(33)27-11-3-7-15-34(27)39/h2-19,21-23,38H,20H2,1H3. The highest BCUT2D eigenvalue weighted by Gasteiger charge is 2.25. The van der Waals surface area contributed by atoms with Crippen molar-refractivity contribution in [2.45, 2.75) is 19.3 Å². The second-order valence-corrected chi connectivity index (χ2v) is 11.2. The Balaban J connectivity index is 1.30. The summed E-state index contributed by atoms with van der Waals surface area (Å²) in [6, 6.07) is 41.9. The minimum absolute atomic E-state index is 0.388. The number of benzene rings is 5. The first-order chi connectivity index (χ1) is 19.8. The zero-order valence-electron chi connectivity index (χ0n) is 22.2. The molecule has 3 heterocycles. The monoisotopic (exact) mass is 513 g/mol. The van der Waals surface area contributed by atoms with E-state index in [-0.39, 0.29) is 0 Å². The molecule has 0 fully saturated rings. The van der Waals surface area contributed by atoms with Gasteiger partial charge in [0.05, 0.1) is 22.1 Å². The number of allylic oxidation sites excluding steroid dienone is 1. The molecule has 0 spiro atoms. The number of hydrogen-bond donors (Lipinski definition) is 1. The largest absolute Gasteiger partial charge is 0.358 e. The number of aromatic nitrogens is 3. The number of para-hydroxylation sites is 4. The summed E-state index contributed by atoms with van der Waals surface area (Å²) < 4.78 is 4.90. The van der Waals surface area contributed by atoms with Crippen LogP contribution < -0.4 is 0 Å². The van der Waals surface area contributed by atoms with Crippen LogP contribution in [-0.4, -0.2) is 14.1 Å². The number of H-pyrrole nitrogens is 1. The van der Waals surface area contributed by atoms with E-state index in [9.17, 15) is 0 Å². The number of aromatic amines is 1. The summed E-state index contributed by atoms with van der Waals surface area (Å²) in [5.41, 5.74) is 11.4. The second kappa shape index (κ2) is 8.00. The van der Waals surface area contributed by atoms with Gasteiger partial charge in [-0.05, 0) is 55.0 Å². The molecule has 3 heteroatoms. The van der Waals surface area contributed by atoms with Crippen LogP contribution in [-0.2, 0) is 0 Å². The molecular formula is C37H27N3. The molecule has 1 unspecified atom stereocenters. The molecular weight excluding hydrogens is 486 g/mol. The van der Waals surface area contributed by atoms with Crippen LogP contribution in [0.3, 0.4) is 0 Å². The summed E-state index contributed by atoms with van der Waals surface area (Å²) in [7, 11) is 0. The van der Waals surface area contributed by atoms with Crippen molar-refractivity contribution in [2.24, 2.45) is 0 Å². The van der Waals surface area contributed by atoms with Gasteiger partial charge in [-0.25, -0.2) is 0 Å². The summed E-state index contributed by atoms with van der Waals surface area (Å²) in [6.45, 7) is 2.35. The van der Waals surface area contributed by atoms with Crippen LogP contribution in [0.15, 0.2) is 115 Å². The van der Waals surface area contributed by atoms with Gasteiger partial charge < -0.3 is 14.1 Å². The average molecular weight is 514 g/mol. The lowest BCUT2D eigenvalue weighted by atomic mass is 9.91. The molecule has 0 bridgehead atoms. The van der Waals surface area contributed by atoms with E-state index in [1.807, 2.05) is 0 Å². The van der Waals surface area contributed by atoms with Gasteiger partial charge in [0.2, 0.25) is 0 Å². The van der Waals surface area contributed by atoms with Crippen molar-refractivity contribution in [1.29, 1.82) is 0 Å². The van der Waals surface area contributed by atoms with E-state index in [1.54, 1.807) is 0 Å². The first kappa shape index (κ1) is 21.9. The van der Waals surface area contributed by atoms with Crippen molar-refractivity contribution in [3.8, 4) is 5.69 Å². The second-order valence-electron chi connectivity index (χ2n) is 11.2. The van der Waals surface area contributed by atoms with E-state index in [2.05, 4.69) is 142 Å². The number of rotatable bonds is 2. The quantitative estimate of drug-likeness (QED) is 0.238. The molecule has 5 aromatic carbocycles. The Hall–Kier alpha value is -5.02. The summed E-state index contributed by atoms with van der Waals surface area (Å²) in [6.07, 6.45) is 3.42. The molecule has 0 saturated carbocycles. The van der Waals surface area contributed by atoms with Crippen molar-refractivity contribution in [3.05, 3.63) is 127 Å². The molecule has 1 aliphatic carbocycles. The topological polar surface area (TPSA) is 25.6 Å². The van der Waals surface area contributed by atoms with Crippen molar-refractivity contribution in [2.75, 3.05) is 0 Å². The van der Waals surface area contributed by atoms with E-state index < -0.39 is 0 Å². The summed E-state index contributed by atoms with van der Waals surface area (Å²) in [5.74, 6) is 0.388. The third kappa shape index (κ3) is 2.89. The minimum atomic E-state index is 0.388. The lowest BCUT2D eigenvalue weighted by molar-refractivity contribution is 0.743. The van der Waals surface area contributed by atoms with Gasteiger partial charge in [0.15, 0.2) is 0 Å². The van der Waals surface area contributed by atoms with Crippen molar-refractivity contribution >= 4 is 66.3 Å². The van der Waals surface area contributed by atoms with Crippen LogP contribution in [0, 0.1) is 0 Å². The summed E-state index contributed by atoms with van der Waals surface area (Å²) in [5, 5.41) is 6.47. The van der Waals surface area contributed by atoms with Crippen LogP contribution in [0.2, 0.25) is 0 Å². The van der Waals surface area contributed by atoms with Gasteiger partial charge in [0.25, 0.3) is 0 Å². The fourth-order valence-corrected chi connectivity index (χ4v) is 7.13. The molecule has 0 aliphatic heterocycles. The van der Waals surface area contributed by atoms with Gasteiger partial charge in [0, 0.05) is 61.0 Å². The Kier molecular flexibility index (Phi) is 4.37. The molecule has 40 heavy (non-hydrogen) atoms. The van der Waals surface area contributed by atoms with Gasteiger partial charge >= 0.3 is 0 Å². The lowest BCUT2D eigenvalue weighted by Crippen LogP contribution is -2.08. The highest BCUT2D eigenvalue weighted by atomic mass is 15.0. The summed E-state index contributed by atoms with van der Waals surface area (Å²) in [4.78, 5) is 3.79. The van der Waals surface area contributed by atoms with Crippen molar-refractivity contribution in [3.63, 3.8) is 0 Å². The molecule has 0 radical (unpaired) electrons. The number of nitrogens with zero attached hydrogens (tertiary/aromatic N) is 2. The minimum Gasteiger partial charge on any atom is -0.358 e. The zero-order chi connectivity index (χ0) is 26.4. The Bertz CT molecular complexity index is 2210. The van der Waals surface area contributed by atoms with E-state index in [0.29, 0.717) is 5.92 Å². The molecule has 8 aromatic rings. The predicted octanol–water partition coefficient (Wildman–Crippen LogP) is 9.88. The Morgan fingerprint density at radius 1 is 0.575 bits per heavy atom. The molecule has 1 N–H and O–H groups in total. The normalized spacial score (nSPS) is 15.4. The third-order valence-corrected chi connectivity index (χ3v) is 8.88. The first-order valence-electron chi connectivity index (χ1n) is 14.1. The molecule has 1 aliphatic rings. The van der Waals surface area contributed by atoms with E-state index in [0.717, 1.165) is 6.42 Å². The highest BCUT2D eigenvalue weighted by molar-refractivity contribution is 6.12. The molecule has 0 saturated heterocycles. The third-order valence-electron chi connectivity index (χ3n) is 8.88. The SMILES string of the molecule is CC1CC(n2c3ccccc3c3ccccc32)=Cc2c1[nH]c1ccc(-n3c4ccccc4c4ccccc43)cc21. The van der Waals surface area contributed by atoms with Gasteiger partial charge in [-0.3, -0.25) is 0 Å². The highest BCUT2D eigenvalue weighted by Crippen LogP contribution is 2.43. The zero-order valence-corrected chi connectivity index (χ0v) is 22.2. The van der Waals surface area contributed by atoms with E-state index in [1.165, 1.54) is 77.2 Å². The van der Waals surface area contributed by atoms with Crippen LogP contribution in [0.5, 0.6) is 0 Å². The van der Waals surface area contributed by atoms with Crippen LogP contribution in [0.1, 0.15) is 30.5 Å². The van der Waals surface area contributed by atoms with Gasteiger partial charge in [0.1, 0.15) is 0 Å². The molecule has 9 rings (SSSR count). The maximum absolute atomic E-state index is 3.79. The summed E-state index contributed by atoms with van der Waals surface area (Å²) >= 11 is 0. The first-order valence-corrected chi connectivity index (χ1v) is 14.1. The fraction of sp³-hybridized carbons (Fsp3) is 0.0811. The van der Waals surface area contributed by atoms with Crippen LogP contribution >= 0.6 is 0 Å². The van der Waals surface area contributed by atoms with Crippen LogP contribution in [0.25, 0.3) is 72.0 Å². The Morgan fingerprint density at radius 3 is 1.62 bits per heavy atom. The maximum Gasteiger partial charge on any atom is 0.0541 e. The van der Waals surface area contributed by atoms with Crippen molar-refractivity contribution in [1.82, 2.24) is 14.1 Å². The lowest BCUT2D eigenvalue weighted by Gasteiger charge is -2.22. The molecule has 3 aromatic heterocycles. The van der Waals surface area contributed by atoms with Gasteiger partial charge in [-0.1, -0.05) is 79.7 Å².